The predicted octanol–water partition coefficient (Wildman–Crippen LogP) is 2.00. The lowest BCUT2D eigenvalue weighted by molar-refractivity contribution is 0.172. The minimum absolute atomic E-state index is 0.146. The molecule has 1 aliphatic carbocycles. The molecule has 0 N–H and O–H groups in total. The second-order valence-corrected chi connectivity index (χ2v) is 3.88. The van der Waals surface area contributed by atoms with Gasteiger partial charge in [-0.1, -0.05) is 18.1 Å². The molecule has 0 aromatic heterocycles. The van der Waals surface area contributed by atoms with E-state index in [-0.39, 0.29) is 5.54 Å². The molecule has 3 heteroatoms. The number of hydrogen-bond acceptors (Lipinski definition) is 3. The van der Waals surface area contributed by atoms with E-state index in [0.29, 0.717) is 6.04 Å². The molecule has 1 heterocycles. The van der Waals surface area contributed by atoms with Gasteiger partial charge in [0, 0.05) is 7.05 Å². The molecule has 0 radical (unpaired) electrons. The van der Waals surface area contributed by atoms with Crippen molar-refractivity contribution in [2.75, 3.05) is 7.05 Å². The zero-order chi connectivity index (χ0) is 7.90. The van der Waals surface area contributed by atoms with Gasteiger partial charge in [0.2, 0.25) is 0 Å². The smallest absolute Gasteiger partial charge is 0.103 e. The highest BCUT2D eigenvalue weighted by atomic mass is 15.6. The van der Waals surface area contributed by atoms with Crippen LogP contribution in [0.2, 0.25) is 0 Å². The summed E-state index contributed by atoms with van der Waals surface area (Å²) in [5.41, 5.74) is 0.146. The SMILES string of the molecule is CN1N=NC2(C)CCCCC12. The zero-order valence-corrected chi connectivity index (χ0v) is 7.25. The molecule has 1 fully saturated rings. The van der Waals surface area contributed by atoms with Crippen molar-refractivity contribution >= 4 is 0 Å². The van der Waals surface area contributed by atoms with Gasteiger partial charge in [0.25, 0.3) is 0 Å². The van der Waals surface area contributed by atoms with Crippen LogP contribution in [0.15, 0.2) is 10.3 Å². The van der Waals surface area contributed by atoms with Crippen LogP contribution in [0, 0.1) is 0 Å². The summed E-state index contributed by atoms with van der Waals surface area (Å²) < 4.78 is 0. The maximum Gasteiger partial charge on any atom is 0.103 e. The summed E-state index contributed by atoms with van der Waals surface area (Å²) in [7, 11) is 2.03. The monoisotopic (exact) mass is 153 g/mol. The molecule has 2 rings (SSSR count). The molecule has 0 bridgehead atoms. The molecule has 0 amide bonds. The van der Waals surface area contributed by atoms with Gasteiger partial charge < -0.3 is 0 Å². The third-order valence-electron chi connectivity index (χ3n) is 2.99. The van der Waals surface area contributed by atoms with E-state index in [2.05, 4.69) is 17.3 Å². The Labute approximate surface area is 67.5 Å². The summed E-state index contributed by atoms with van der Waals surface area (Å²) in [6, 6.07) is 0.580. The normalized spacial score (nSPS) is 42.7. The Hall–Kier alpha value is -0.600. The summed E-state index contributed by atoms with van der Waals surface area (Å²) in [5, 5.41) is 10.5. The number of likely N-dealkylation sites (N-methyl/N-ethyl adjacent to an activating group) is 1. The van der Waals surface area contributed by atoms with Crippen molar-refractivity contribution in [2.24, 2.45) is 10.3 Å². The average Bonchev–Trinajstić information content (AvgIpc) is 2.29. The molecule has 2 unspecified atom stereocenters. The molecule has 62 valence electrons. The molecular formula is C8H15N3. The van der Waals surface area contributed by atoms with E-state index in [1.807, 2.05) is 12.1 Å². The average molecular weight is 153 g/mol. The molecule has 1 saturated carbocycles. The van der Waals surface area contributed by atoms with Crippen LogP contribution in [0.5, 0.6) is 0 Å². The van der Waals surface area contributed by atoms with Gasteiger partial charge in [0.15, 0.2) is 0 Å². The highest BCUT2D eigenvalue weighted by Gasteiger charge is 2.43. The van der Waals surface area contributed by atoms with Crippen LogP contribution in [0.25, 0.3) is 0 Å². The zero-order valence-electron chi connectivity index (χ0n) is 7.25. The molecule has 11 heavy (non-hydrogen) atoms. The van der Waals surface area contributed by atoms with Crippen LogP contribution in [0.4, 0.5) is 0 Å². The standard InChI is InChI=1S/C8H15N3/c1-8-6-4-3-5-7(8)11(2)10-9-8/h7H,3-6H2,1-2H3. The first-order chi connectivity index (χ1) is 5.22. The lowest BCUT2D eigenvalue weighted by atomic mass is 9.80. The van der Waals surface area contributed by atoms with Crippen LogP contribution in [0.1, 0.15) is 32.6 Å². The molecule has 0 spiro atoms. The summed E-state index contributed by atoms with van der Waals surface area (Å²) >= 11 is 0. The molecular weight excluding hydrogens is 138 g/mol. The second-order valence-electron chi connectivity index (χ2n) is 3.88. The maximum atomic E-state index is 4.32. The van der Waals surface area contributed by atoms with Gasteiger partial charge in [-0.15, -0.1) is 0 Å². The number of rotatable bonds is 0. The molecule has 3 nitrogen and oxygen atoms in total. The van der Waals surface area contributed by atoms with Gasteiger partial charge in [-0.25, -0.2) is 0 Å². The highest BCUT2D eigenvalue weighted by Crippen LogP contribution is 2.38. The highest BCUT2D eigenvalue weighted by molar-refractivity contribution is 4.99. The van der Waals surface area contributed by atoms with Gasteiger partial charge in [-0.3, -0.25) is 5.01 Å². The van der Waals surface area contributed by atoms with Gasteiger partial charge in [-0.05, 0) is 19.8 Å². The topological polar surface area (TPSA) is 28.0 Å². The fourth-order valence-corrected chi connectivity index (χ4v) is 2.24. The first-order valence-corrected chi connectivity index (χ1v) is 4.38. The van der Waals surface area contributed by atoms with Crippen molar-refractivity contribution in [3.63, 3.8) is 0 Å². The summed E-state index contributed by atoms with van der Waals surface area (Å²) in [4.78, 5) is 0. The third-order valence-corrected chi connectivity index (χ3v) is 2.99. The van der Waals surface area contributed by atoms with Crippen molar-refractivity contribution in [1.29, 1.82) is 0 Å². The minimum atomic E-state index is 0.146. The summed E-state index contributed by atoms with van der Waals surface area (Å²) in [6.45, 7) is 2.23. The van der Waals surface area contributed by atoms with E-state index in [1.165, 1.54) is 25.7 Å². The Kier molecular flexibility index (Phi) is 1.41. The molecule has 2 aliphatic rings. The predicted molar refractivity (Wildman–Crippen MR) is 43.3 cm³/mol. The van der Waals surface area contributed by atoms with E-state index in [1.54, 1.807) is 0 Å². The Balaban J connectivity index is 2.20. The van der Waals surface area contributed by atoms with Crippen LogP contribution < -0.4 is 0 Å². The van der Waals surface area contributed by atoms with Gasteiger partial charge in [0.05, 0.1) is 6.04 Å². The summed E-state index contributed by atoms with van der Waals surface area (Å²) in [5.74, 6) is 0. The first kappa shape index (κ1) is 7.07. The van der Waals surface area contributed by atoms with Crippen LogP contribution in [-0.4, -0.2) is 23.6 Å². The van der Waals surface area contributed by atoms with Crippen LogP contribution in [-0.2, 0) is 0 Å². The van der Waals surface area contributed by atoms with E-state index >= 15 is 0 Å². The van der Waals surface area contributed by atoms with E-state index < -0.39 is 0 Å². The van der Waals surface area contributed by atoms with Crippen LogP contribution >= 0.6 is 0 Å². The lowest BCUT2D eigenvalue weighted by Gasteiger charge is -2.34. The fourth-order valence-electron chi connectivity index (χ4n) is 2.24. The molecule has 2 atom stereocenters. The summed E-state index contributed by atoms with van der Waals surface area (Å²) in [6.07, 6.45) is 5.14. The fraction of sp³-hybridized carbons (Fsp3) is 1.00. The Morgan fingerprint density at radius 3 is 3.00 bits per heavy atom. The van der Waals surface area contributed by atoms with Crippen molar-refractivity contribution in [3.8, 4) is 0 Å². The van der Waals surface area contributed by atoms with Gasteiger partial charge in [0.1, 0.15) is 5.54 Å². The maximum absolute atomic E-state index is 4.32. The molecule has 0 aromatic rings. The van der Waals surface area contributed by atoms with Crippen molar-refractivity contribution in [3.05, 3.63) is 0 Å². The van der Waals surface area contributed by atoms with Crippen LogP contribution in [0.3, 0.4) is 0 Å². The minimum Gasteiger partial charge on any atom is -0.276 e. The molecule has 0 aromatic carbocycles. The second kappa shape index (κ2) is 2.19. The van der Waals surface area contributed by atoms with Crippen molar-refractivity contribution in [2.45, 2.75) is 44.2 Å². The van der Waals surface area contributed by atoms with E-state index in [4.69, 9.17) is 0 Å². The Bertz CT molecular complexity index is 190. The van der Waals surface area contributed by atoms with Gasteiger partial charge in [-0.2, -0.15) is 5.11 Å². The number of fused-ring (bicyclic) bond motifs is 1. The Morgan fingerprint density at radius 1 is 1.45 bits per heavy atom. The van der Waals surface area contributed by atoms with Gasteiger partial charge >= 0.3 is 0 Å². The van der Waals surface area contributed by atoms with Crippen molar-refractivity contribution in [1.82, 2.24) is 5.01 Å². The largest absolute Gasteiger partial charge is 0.276 e. The van der Waals surface area contributed by atoms with Crippen molar-refractivity contribution < 1.29 is 0 Å². The lowest BCUT2D eigenvalue weighted by Crippen LogP contribution is -2.43. The quantitative estimate of drug-likeness (QED) is 0.523. The Morgan fingerprint density at radius 2 is 2.27 bits per heavy atom. The molecule has 0 saturated heterocycles. The number of nitrogens with zero attached hydrogens (tertiary/aromatic N) is 3. The number of hydrogen-bond donors (Lipinski definition) is 0. The molecule has 1 aliphatic heterocycles. The van der Waals surface area contributed by atoms with E-state index in [0.717, 1.165) is 0 Å². The third kappa shape index (κ3) is 0.940. The van der Waals surface area contributed by atoms with E-state index in [9.17, 15) is 0 Å². The first-order valence-electron chi connectivity index (χ1n) is 4.38.